The maximum atomic E-state index is 10.1. The summed E-state index contributed by atoms with van der Waals surface area (Å²) < 4.78 is 23.5. The third kappa shape index (κ3) is 4.84. The second kappa shape index (κ2) is 9.63. The lowest BCUT2D eigenvalue weighted by Gasteiger charge is -2.12. The summed E-state index contributed by atoms with van der Waals surface area (Å²) in [5.74, 6) is 2.40. The van der Waals surface area contributed by atoms with Gasteiger partial charge in [0.25, 0.3) is 0 Å². The van der Waals surface area contributed by atoms with Crippen LogP contribution < -0.4 is 14.2 Å². The summed E-state index contributed by atoms with van der Waals surface area (Å²) >= 11 is 0. The zero-order valence-electron chi connectivity index (χ0n) is 18.7. The molecule has 0 aliphatic carbocycles. The number of hydrogen-bond donors (Lipinski definition) is 1. The van der Waals surface area contributed by atoms with Gasteiger partial charge in [-0.15, -0.1) is 0 Å². The zero-order valence-corrected chi connectivity index (χ0v) is 18.7. The number of rotatable bonds is 8. The SMILES string of the molecule is COc1cc2cc(-c3cc(OCc4ccccc4)cc(OCc4ccccc4)c3)oc2cc1O. The standard InChI is InChI=1S/C29H24O5/c1-31-29-15-23-14-27(34-28(23)17-26(29)30)22-12-24(32-18-20-8-4-2-5-9-20)16-25(13-22)33-19-21-10-6-3-7-11-21/h2-17,30H,18-19H2,1H3. The Bertz CT molecular complexity index is 1330. The number of fused-ring (bicyclic) bond motifs is 1. The van der Waals surface area contributed by atoms with E-state index in [-0.39, 0.29) is 5.75 Å². The minimum absolute atomic E-state index is 0.0303. The number of ether oxygens (including phenoxy) is 3. The average molecular weight is 453 g/mol. The third-order valence-electron chi connectivity index (χ3n) is 5.48. The smallest absolute Gasteiger partial charge is 0.161 e. The van der Waals surface area contributed by atoms with Crippen LogP contribution in [-0.4, -0.2) is 12.2 Å². The summed E-state index contributed by atoms with van der Waals surface area (Å²) in [5, 5.41) is 10.9. The molecule has 0 amide bonds. The molecule has 5 nitrogen and oxygen atoms in total. The zero-order chi connectivity index (χ0) is 23.3. The molecule has 5 aromatic rings. The fourth-order valence-corrected chi connectivity index (χ4v) is 3.72. The van der Waals surface area contributed by atoms with Gasteiger partial charge in [0.15, 0.2) is 11.5 Å². The molecule has 0 aliphatic heterocycles. The van der Waals surface area contributed by atoms with Crippen LogP contribution in [-0.2, 0) is 13.2 Å². The van der Waals surface area contributed by atoms with Crippen LogP contribution in [0.4, 0.5) is 0 Å². The highest BCUT2D eigenvalue weighted by Gasteiger charge is 2.13. The van der Waals surface area contributed by atoms with Gasteiger partial charge in [0.1, 0.15) is 36.1 Å². The van der Waals surface area contributed by atoms with Crippen LogP contribution in [0.15, 0.2) is 101 Å². The monoisotopic (exact) mass is 452 g/mol. The molecule has 170 valence electrons. The number of methoxy groups -OCH3 is 1. The summed E-state index contributed by atoms with van der Waals surface area (Å²) in [4.78, 5) is 0. The van der Waals surface area contributed by atoms with Crippen LogP contribution in [0.1, 0.15) is 11.1 Å². The lowest BCUT2D eigenvalue weighted by molar-refractivity contribution is 0.290. The molecular formula is C29H24O5. The quantitative estimate of drug-likeness (QED) is 0.275. The minimum atomic E-state index is 0.0303. The Labute approximate surface area is 197 Å². The first-order valence-corrected chi connectivity index (χ1v) is 11.0. The summed E-state index contributed by atoms with van der Waals surface area (Å²) in [5.41, 5.74) is 3.52. The molecule has 0 bridgehead atoms. The Balaban J connectivity index is 1.47. The van der Waals surface area contributed by atoms with Gasteiger partial charge in [0.05, 0.1) is 7.11 Å². The van der Waals surface area contributed by atoms with Gasteiger partial charge in [-0.1, -0.05) is 60.7 Å². The molecule has 0 unspecified atom stereocenters. The number of phenols is 1. The lowest BCUT2D eigenvalue weighted by atomic mass is 10.1. The van der Waals surface area contributed by atoms with E-state index < -0.39 is 0 Å². The van der Waals surface area contributed by atoms with E-state index in [1.54, 1.807) is 12.1 Å². The van der Waals surface area contributed by atoms with Gasteiger partial charge >= 0.3 is 0 Å². The molecule has 34 heavy (non-hydrogen) atoms. The maximum absolute atomic E-state index is 10.1. The molecular weight excluding hydrogens is 428 g/mol. The largest absolute Gasteiger partial charge is 0.504 e. The summed E-state index contributed by atoms with van der Waals surface area (Å²) in [6, 6.07) is 31.0. The van der Waals surface area contributed by atoms with Crippen molar-refractivity contribution >= 4 is 11.0 Å². The van der Waals surface area contributed by atoms with Crippen molar-refractivity contribution in [1.29, 1.82) is 0 Å². The predicted molar refractivity (Wildman–Crippen MR) is 131 cm³/mol. The fraction of sp³-hybridized carbons (Fsp3) is 0.103. The van der Waals surface area contributed by atoms with Gasteiger partial charge in [-0.25, -0.2) is 0 Å². The van der Waals surface area contributed by atoms with Crippen molar-refractivity contribution in [2.75, 3.05) is 7.11 Å². The summed E-state index contributed by atoms with van der Waals surface area (Å²) in [6.07, 6.45) is 0. The van der Waals surface area contributed by atoms with Crippen molar-refractivity contribution in [3.8, 4) is 34.3 Å². The number of benzene rings is 4. The lowest BCUT2D eigenvalue weighted by Crippen LogP contribution is -1.98. The minimum Gasteiger partial charge on any atom is -0.504 e. The first kappa shape index (κ1) is 21.5. The Morgan fingerprint density at radius 3 is 1.85 bits per heavy atom. The van der Waals surface area contributed by atoms with E-state index in [0.717, 1.165) is 22.1 Å². The van der Waals surface area contributed by atoms with Crippen molar-refractivity contribution in [1.82, 2.24) is 0 Å². The van der Waals surface area contributed by atoms with E-state index in [0.29, 0.717) is 41.8 Å². The average Bonchev–Trinajstić information content (AvgIpc) is 3.30. The molecule has 0 saturated carbocycles. The van der Waals surface area contributed by atoms with E-state index in [1.165, 1.54) is 7.11 Å². The normalized spacial score (nSPS) is 10.9. The van der Waals surface area contributed by atoms with Crippen molar-refractivity contribution in [2.45, 2.75) is 13.2 Å². The number of phenolic OH excluding ortho intramolecular Hbond substituents is 1. The second-order valence-corrected chi connectivity index (χ2v) is 7.91. The van der Waals surface area contributed by atoms with Crippen molar-refractivity contribution in [3.05, 3.63) is 108 Å². The molecule has 0 saturated heterocycles. The second-order valence-electron chi connectivity index (χ2n) is 7.91. The molecule has 1 N–H and O–H groups in total. The molecule has 5 rings (SSSR count). The Morgan fingerprint density at radius 1 is 0.706 bits per heavy atom. The van der Waals surface area contributed by atoms with Gasteiger partial charge in [-0.05, 0) is 35.4 Å². The number of hydrogen-bond acceptors (Lipinski definition) is 5. The van der Waals surface area contributed by atoms with Crippen LogP contribution in [0.5, 0.6) is 23.0 Å². The highest BCUT2D eigenvalue weighted by molar-refractivity contribution is 5.86. The van der Waals surface area contributed by atoms with Crippen LogP contribution in [0.25, 0.3) is 22.3 Å². The fourth-order valence-electron chi connectivity index (χ4n) is 3.72. The van der Waals surface area contributed by atoms with Crippen LogP contribution in [0.2, 0.25) is 0 Å². The summed E-state index contributed by atoms with van der Waals surface area (Å²) in [7, 11) is 1.52. The number of furan rings is 1. The predicted octanol–water partition coefficient (Wildman–Crippen LogP) is 6.97. The van der Waals surface area contributed by atoms with Crippen molar-refractivity contribution in [2.24, 2.45) is 0 Å². The highest BCUT2D eigenvalue weighted by Crippen LogP contribution is 2.38. The Kier molecular flexibility index (Phi) is 6.08. The van der Waals surface area contributed by atoms with Crippen molar-refractivity contribution < 1.29 is 23.7 Å². The molecule has 4 aromatic carbocycles. The van der Waals surface area contributed by atoms with Crippen LogP contribution in [0.3, 0.4) is 0 Å². The van der Waals surface area contributed by atoms with Gasteiger partial charge < -0.3 is 23.7 Å². The molecule has 0 radical (unpaired) electrons. The van der Waals surface area contributed by atoms with E-state index in [4.69, 9.17) is 18.6 Å². The van der Waals surface area contributed by atoms with Crippen LogP contribution in [0, 0.1) is 0 Å². The molecule has 0 aliphatic rings. The van der Waals surface area contributed by atoms with E-state index in [1.807, 2.05) is 84.9 Å². The van der Waals surface area contributed by atoms with Gasteiger partial charge in [-0.2, -0.15) is 0 Å². The first-order chi connectivity index (χ1) is 16.7. The topological polar surface area (TPSA) is 61.1 Å². The molecule has 1 aromatic heterocycles. The maximum Gasteiger partial charge on any atom is 0.161 e. The molecule has 5 heteroatoms. The van der Waals surface area contributed by atoms with E-state index >= 15 is 0 Å². The summed E-state index contributed by atoms with van der Waals surface area (Å²) in [6.45, 7) is 0.876. The highest BCUT2D eigenvalue weighted by atomic mass is 16.5. The Morgan fingerprint density at radius 2 is 1.29 bits per heavy atom. The molecule has 0 fully saturated rings. The van der Waals surface area contributed by atoms with Crippen molar-refractivity contribution in [3.63, 3.8) is 0 Å². The van der Waals surface area contributed by atoms with Gasteiger partial charge in [0.2, 0.25) is 0 Å². The molecule has 0 spiro atoms. The van der Waals surface area contributed by atoms with E-state index in [2.05, 4.69) is 0 Å². The van der Waals surface area contributed by atoms with E-state index in [9.17, 15) is 5.11 Å². The number of aromatic hydroxyl groups is 1. The third-order valence-corrected chi connectivity index (χ3v) is 5.48. The van der Waals surface area contributed by atoms with Gasteiger partial charge in [0, 0.05) is 23.1 Å². The van der Waals surface area contributed by atoms with Gasteiger partial charge in [-0.3, -0.25) is 0 Å². The molecule has 1 heterocycles. The Hall–Kier alpha value is -4.38. The molecule has 0 atom stereocenters. The first-order valence-electron chi connectivity index (χ1n) is 11.0. The van der Waals surface area contributed by atoms with Crippen LogP contribution >= 0.6 is 0 Å².